The lowest BCUT2D eigenvalue weighted by Crippen LogP contribution is -2.09. The molecule has 2 aromatic heterocycles. The predicted octanol–water partition coefficient (Wildman–Crippen LogP) is 3.39. The van der Waals surface area contributed by atoms with E-state index in [0.29, 0.717) is 0 Å². The number of aromatic nitrogens is 3. The van der Waals surface area contributed by atoms with Gasteiger partial charge in [0.25, 0.3) is 0 Å². The van der Waals surface area contributed by atoms with Gasteiger partial charge in [-0.3, -0.25) is 5.10 Å². The Bertz CT molecular complexity index is 514. The molecule has 0 aromatic carbocycles. The lowest BCUT2D eigenvalue weighted by Gasteiger charge is -2.13. The van der Waals surface area contributed by atoms with Gasteiger partial charge in [-0.1, -0.05) is 20.8 Å². The van der Waals surface area contributed by atoms with Crippen molar-refractivity contribution in [1.29, 1.82) is 0 Å². The van der Waals surface area contributed by atoms with Crippen molar-refractivity contribution >= 4 is 17.0 Å². The van der Waals surface area contributed by atoms with Gasteiger partial charge < -0.3 is 5.32 Å². The summed E-state index contributed by atoms with van der Waals surface area (Å²) in [6.07, 6.45) is 1.96. The molecule has 0 saturated heterocycles. The van der Waals surface area contributed by atoms with Crippen LogP contribution >= 0.6 is 11.3 Å². The van der Waals surface area contributed by atoms with Crippen LogP contribution in [0.25, 0.3) is 0 Å². The van der Waals surface area contributed by atoms with Crippen molar-refractivity contribution in [2.24, 2.45) is 0 Å². The van der Waals surface area contributed by atoms with Crippen LogP contribution in [0.5, 0.6) is 0 Å². The summed E-state index contributed by atoms with van der Waals surface area (Å²) in [5, 5.41) is 11.8. The summed E-state index contributed by atoms with van der Waals surface area (Å²) < 4.78 is 0. The van der Waals surface area contributed by atoms with Crippen molar-refractivity contribution in [3.8, 4) is 0 Å². The molecule has 4 nitrogen and oxygen atoms in total. The number of aromatic amines is 1. The van der Waals surface area contributed by atoms with E-state index in [1.807, 2.05) is 20.0 Å². The number of rotatable bonds is 3. The summed E-state index contributed by atoms with van der Waals surface area (Å²) in [6, 6.07) is 0. The second kappa shape index (κ2) is 4.72. The van der Waals surface area contributed by atoms with Crippen LogP contribution in [0.4, 0.5) is 5.69 Å². The molecule has 0 bridgehead atoms. The number of aryl methyl sites for hydroxylation is 2. The minimum atomic E-state index is 0.129. The molecular weight excluding hydrogens is 244 g/mol. The van der Waals surface area contributed by atoms with Crippen LogP contribution in [0.2, 0.25) is 0 Å². The summed E-state index contributed by atoms with van der Waals surface area (Å²) in [4.78, 5) is 5.74. The smallest absolute Gasteiger partial charge is 0.0981 e. The van der Waals surface area contributed by atoms with E-state index in [-0.39, 0.29) is 5.41 Å². The van der Waals surface area contributed by atoms with Crippen LogP contribution in [-0.4, -0.2) is 15.2 Å². The van der Waals surface area contributed by atoms with Crippen LogP contribution in [-0.2, 0) is 12.0 Å². The predicted molar refractivity (Wildman–Crippen MR) is 76.2 cm³/mol. The molecule has 0 spiro atoms. The zero-order valence-corrected chi connectivity index (χ0v) is 12.4. The van der Waals surface area contributed by atoms with E-state index in [1.165, 1.54) is 9.88 Å². The zero-order valence-electron chi connectivity index (χ0n) is 11.6. The van der Waals surface area contributed by atoms with E-state index in [2.05, 4.69) is 41.3 Å². The van der Waals surface area contributed by atoms with Crippen molar-refractivity contribution in [2.45, 2.75) is 46.6 Å². The molecule has 2 aromatic rings. The van der Waals surface area contributed by atoms with Gasteiger partial charge >= 0.3 is 0 Å². The maximum atomic E-state index is 4.49. The summed E-state index contributed by atoms with van der Waals surface area (Å²) in [5.74, 6) is 0. The summed E-state index contributed by atoms with van der Waals surface area (Å²) in [7, 11) is 0. The van der Waals surface area contributed by atoms with Gasteiger partial charge in [0, 0.05) is 16.5 Å². The van der Waals surface area contributed by atoms with Gasteiger partial charge in [-0.2, -0.15) is 5.10 Å². The highest BCUT2D eigenvalue weighted by atomic mass is 32.1. The normalized spacial score (nSPS) is 11.8. The molecule has 98 valence electrons. The fraction of sp³-hybridized carbons (Fsp3) is 0.538. The third-order valence-corrected chi connectivity index (χ3v) is 4.19. The lowest BCUT2D eigenvalue weighted by molar-refractivity contribution is 0.585. The van der Waals surface area contributed by atoms with E-state index in [9.17, 15) is 0 Å². The largest absolute Gasteiger partial charge is 0.377 e. The zero-order chi connectivity index (χ0) is 13.3. The highest BCUT2D eigenvalue weighted by molar-refractivity contribution is 7.11. The van der Waals surface area contributed by atoms with E-state index in [4.69, 9.17) is 0 Å². The van der Waals surface area contributed by atoms with Crippen LogP contribution in [0.1, 0.15) is 42.0 Å². The third kappa shape index (κ3) is 2.72. The van der Waals surface area contributed by atoms with Crippen LogP contribution in [0, 0.1) is 13.8 Å². The van der Waals surface area contributed by atoms with Gasteiger partial charge in [-0.15, -0.1) is 11.3 Å². The number of H-pyrrole nitrogens is 1. The number of nitrogens with one attached hydrogen (secondary N) is 2. The molecule has 0 atom stereocenters. The Morgan fingerprint density at radius 3 is 2.56 bits per heavy atom. The fourth-order valence-electron chi connectivity index (χ4n) is 1.72. The third-order valence-electron chi connectivity index (χ3n) is 2.76. The van der Waals surface area contributed by atoms with E-state index < -0.39 is 0 Å². The molecular formula is C13H20N4S. The van der Waals surface area contributed by atoms with Crippen molar-refractivity contribution in [3.05, 3.63) is 27.5 Å². The van der Waals surface area contributed by atoms with Gasteiger partial charge in [-0.25, -0.2) is 4.98 Å². The Labute approximate surface area is 112 Å². The molecule has 0 radical (unpaired) electrons. The second-order valence-electron chi connectivity index (χ2n) is 5.54. The quantitative estimate of drug-likeness (QED) is 0.893. The van der Waals surface area contributed by atoms with Crippen LogP contribution in [0.15, 0.2) is 6.20 Å². The first-order chi connectivity index (χ1) is 8.38. The molecule has 0 amide bonds. The van der Waals surface area contributed by atoms with Crippen molar-refractivity contribution in [2.75, 3.05) is 5.32 Å². The van der Waals surface area contributed by atoms with E-state index in [0.717, 1.165) is 23.6 Å². The molecule has 2 N–H and O–H groups in total. The summed E-state index contributed by atoms with van der Waals surface area (Å²) in [5.41, 5.74) is 3.31. The number of nitrogens with zero attached hydrogens (tertiary/aromatic N) is 2. The molecule has 0 aliphatic rings. The van der Waals surface area contributed by atoms with E-state index >= 15 is 0 Å². The minimum Gasteiger partial charge on any atom is -0.377 e. The van der Waals surface area contributed by atoms with Crippen LogP contribution in [0.3, 0.4) is 0 Å². The Hall–Kier alpha value is -1.36. The summed E-state index contributed by atoms with van der Waals surface area (Å²) >= 11 is 1.77. The Morgan fingerprint density at radius 1 is 1.33 bits per heavy atom. The molecule has 0 unspecified atom stereocenters. The molecule has 2 heterocycles. The molecule has 5 heteroatoms. The average molecular weight is 264 g/mol. The lowest BCUT2D eigenvalue weighted by atomic mass is 9.98. The molecule has 0 aliphatic heterocycles. The van der Waals surface area contributed by atoms with Gasteiger partial charge in [-0.05, 0) is 13.8 Å². The first kappa shape index (κ1) is 13.1. The maximum absolute atomic E-state index is 4.49. The SMILES string of the molecule is Cc1n[nH]c(C)c1NCc1cnc(C(C)(C)C)s1. The highest BCUT2D eigenvalue weighted by Crippen LogP contribution is 2.27. The van der Waals surface area contributed by atoms with Crippen molar-refractivity contribution in [3.63, 3.8) is 0 Å². The molecule has 0 aliphatic carbocycles. The minimum absolute atomic E-state index is 0.129. The second-order valence-corrected chi connectivity index (χ2v) is 6.66. The molecule has 0 saturated carbocycles. The Balaban J connectivity index is 2.05. The highest BCUT2D eigenvalue weighted by Gasteiger charge is 2.18. The summed E-state index contributed by atoms with van der Waals surface area (Å²) in [6.45, 7) is 11.4. The topological polar surface area (TPSA) is 53.6 Å². The number of hydrogen-bond acceptors (Lipinski definition) is 4. The Kier molecular flexibility index (Phi) is 3.43. The number of hydrogen-bond donors (Lipinski definition) is 2. The molecule has 0 fully saturated rings. The van der Waals surface area contributed by atoms with Crippen molar-refractivity contribution < 1.29 is 0 Å². The van der Waals surface area contributed by atoms with Gasteiger partial charge in [0.2, 0.25) is 0 Å². The standard InChI is InChI=1S/C13H20N4S/c1-8-11(9(2)17-16-8)14-6-10-7-15-12(18-10)13(3,4)5/h7,14H,6H2,1-5H3,(H,16,17). The first-order valence-electron chi connectivity index (χ1n) is 6.08. The van der Waals surface area contributed by atoms with Crippen LogP contribution < -0.4 is 5.32 Å². The number of thiazole rings is 1. The van der Waals surface area contributed by atoms with Gasteiger partial charge in [0.05, 0.1) is 28.6 Å². The fourth-order valence-corrected chi connectivity index (χ4v) is 2.63. The maximum Gasteiger partial charge on any atom is 0.0981 e. The molecule has 2 rings (SSSR count). The van der Waals surface area contributed by atoms with Gasteiger partial charge in [0.1, 0.15) is 0 Å². The first-order valence-corrected chi connectivity index (χ1v) is 6.90. The van der Waals surface area contributed by atoms with Gasteiger partial charge in [0.15, 0.2) is 0 Å². The Morgan fingerprint density at radius 2 is 2.06 bits per heavy atom. The average Bonchev–Trinajstić information content (AvgIpc) is 2.84. The van der Waals surface area contributed by atoms with E-state index in [1.54, 1.807) is 11.3 Å². The van der Waals surface area contributed by atoms with Crippen molar-refractivity contribution in [1.82, 2.24) is 15.2 Å². The monoisotopic (exact) mass is 264 g/mol. The molecule has 18 heavy (non-hydrogen) atoms. The number of anilines is 1.